The molecule has 0 bridgehead atoms. The van der Waals surface area contributed by atoms with Gasteiger partial charge >= 0.3 is 0 Å². The minimum atomic E-state index is -0.0550. The summed E-state index contributed by atoms with van der Waals surface area (Å²) < 4.78 is 1.94. The van der Waals surface area contributed by atoms with E-state index in [4.69, 9.17) is 0 Å². The average molecular weight is 435 g/mol. The molecule has 0 spiro atoms. The molecule has 0 saturated carbocycles. The van der Waals surface area contributed by atoms with Crippen LogP contribution in [0.1, 0.15) is 44.4 Å². The summed E-state index contributed by atoms with van der Waals surface area (Å²) in [7, 11) is 1.69. The third kappa shape index (κ3) is 5.63. The Labute approximate surface area is 153 Å². The van der Waals surface area contributed by atoms with Gasteiger partial charge < -0.3 is 16.0 Å². The largest absolute Gasteiger partial charge is 0.352 e. The summed E-state index contributed by atoms with van der Waals surface area (Å²) in [4.78, 5) is 20.3. The van der Waals surface area contributed by atoms with E-state index in [2.05, 4.69) is 31.0 Å². The van der Waals surface area contributed by atoms with Crippen LogP contribution in [-0.2, 0) is 11.3 Å². The Balaban J connectivity index is 0.00000264. The van der Waals surface area contributed by atoms with E-state index in [1.54, 1.807) is 7.05 Å². The summed E-state index contributed by atoms with van der Waals surface area (Å²) in [6.45, 7) is 6.85. The molecule has 1 aliphatic heterocycles. The van der Waals surface area contributed by atoms with Crippen LogP contribution in [-0.4, -0.2) is 46.3 Å². The lowest BCUT2D eigenvalue weighted by Gasteiger charge is -2.25. The molecule has 1 atom stereocenters. The molecule has 1 aromatic heterocycles. The van der Waals surface area contributed by atoms with Crippen LogP contribution < -0.4 is 16.0 Å². The molecule has 1 aromatic rings. The Bertz CT molecular complexity index is 555. The first-order chi connectivity index (χ1) is 10.5. The van der Waals surface area contributed by atoms with Gasteiger partial charge in [-0.25, -0.2) is 9.67 Å². The molecule has 2 rings (SSSR count). The van der Waals surface area contributed by atoms with Crippen LogP contribution in [0.25, 0.3) is 0 Å². The maximum atomic E-state index is 11.7. The third-order valence-corrected chi connectivity index (χ3v) is 3.38. The van der Waals surface area contributed by atoms with Crippen molar-refractivity contribution in [1.29, 1.82) is 0 Å². The second-order valence-electron chi connectivity index (χ2n) is 5.73. The lowest BCUT2D eigenvalue weighted by Crippen LogP contribution is -2.46. The van der Waals surface area contributed by atoms with E-state index in [0.717, 1.165) is 31.0 Å². The Morgan fingerprint density at radius 1 is 1.48 bits per heavy atom. The molecule has 0 aromatic carbocycles. The van der Waals surface area contributed by atoms with Crippen molar-refractivity contribution < 1.29 is 4.79 Å². The zero-order chi connectivity index (χ0) is 16.1. The number of aliphatic imine (C=N–C) groups is 1. The summed E-state index contributed by atoms with van der Waals surface area (Å²) in [5.74, 6) is 2.25. The molecular formula is C14H26IN7O. The van der Waals surface area contributed by atoms with E-state index in [1.807, 2.05) is 25.5 Å². The van der Waals surface area contributed by atoms with Crippen LogP contribution in [0.3, 0.4) is 0 Å². The van der Waals surface area contributed by atoms with Gasteiger partial charge in [0.15, 0.2) is 5.96 Å². The highest BCUT2D eigenvalue weighted by Gasteiger charge is 2.24. The van der Waals surface area contributed by atoms with E-state index < -0.39 is 0 Å². The van der Waals surface area contributed by atoms with Gasteiger partial charge in [0.25, 0.3) is 0 Å². The van der Waals surface area contributed by atoms with Crippen LogP contribution in [0.4, 0.5) is 0 Å². The molecule has 2 heterocycles. The Morgan fingerprint density at radius 3 is 2.87 bits per heavy atom. The lowest BCUT2D eigenvalue weighted by molar-refractivity contribution is -0.120. The second kappa shape index (κ2) is 9.04. The number of hydrogen-bond donors (Lipinski definition) is 3. The van der Waals surface area contributed by atoms with Crippen molar-refractivity contribution in [3.05, 3.63) is 11.6 Å². The van der Waals surface area contributed by atoms with Crippen molar-refractivity contribution in [2.24, 2.45) is 4.99 Å². The van der Waals surface area contributed by atoms with Crippen LogP contribution in [0.15, 0.2) is 4.99 Å². The molecule has 130 valence electrons. The highest BCUT2D eigenvalue weighted by atomic mass is 127. The summed E-state index contributed by atoms with van der Waals surface area (Å²) in [6, 6.07) is 0.193. The van der Waals surface area contributed by atoms with Gasteiger partial charge in [-0.3, -0.25) is 9.79 Å². The molecule has 9 heteroatoms. The van der Waals surface area contributed by atoms with Gasteiger partial charge in [0.2, 0.25) is 5.91 Å². The third-order valence-electron chi connectivity index (χ3n) is 3.38. The predicted molar refractivity (Wildman–Crippen MR) is 99.9 cm³/mol. The number of rotatable bonds is 4. The molecule has 0 radical (unpaired) electrons. The summed E-state index contributed by atoms with van der Waals surface area (Å²) in [6.07, 6.45) is 2.01. The number of nitrogens with one attached hydrogen (secondary N) is 3. The van der Waals surface area contributed by atoms with Gasteiger partial charge in [0, 0.05) is 19.6 Å². The summed E-state index contributed by atoms with van der Waals surface area (Å²) in [5, 5.41) is 13.6. The number of carbonyl (C=O) groups excluding carboxylic acids is 1. The molecule has 23 heavy (non-hydrogen) atoms. The van der Waals surface area contributed by atoms with Crippen molar-refractivity contribution in [2.75, 3.05) is 13.6 Å². The molecule has 0 aliphatic carbocycles. The highest BCUT2D eigenvalue weighted by Crippen LogP contribution is 2.22. The van der Waals surface area contributed by atoms with Crippen molar-refractivity contribution in [1.82, 2.24) is 30.7 Å². The zero-order valence-corrected chi connectivity index (χ0v) is 16.4. The number of aromatic nitrogens is 3. The van der Waals surface area contributed by atoms with Crippen molar-refractivity contribution >= 4 is 35.8 Å². The van der Waals surface area contributed by atoms with Gasteiger partial charge in [-0.1, -0.05) is 0 Å². The summed E-state index contributed by atoms with van der Waals surface area (Å²) in [5.41, 5.74) is 0. The van der Waals surface area contributed by atoms with Gasteiger partial charge in [-0.15, -0.1) is 24.0 Å². The predicted octanol–water partition coefficient (Wildman–Crippen LogP) is 0.729. The van der Waals surface area contributed by atoms with E-state index >= 15 is 0 Å². The van der Waals surface area contributed by atoms with Crippen molar-refractivity contribution in [3.8, 4) is 0 Å². The minimum absolute atomic E-state index is 0. The van der Waals surface area contributed by atoms with E-state index in [-0.39, 0.29) is 48.5 Å². The Kier molecular flexibility index (Phi) is 7.73. The van der Waals surface area contributed by atoms with Gasteiger partial charge in [-0.2, -0.15) is 5.10 Å². The number of amides is 1. The normalized spacial score (nSPS) is 17.3. The first-order valence-electron chi connectivity index (χ1n) is 7.67. The molecule has 1 unspecified atom stereocenters. The fourth-order valence-electron chi connectivity index (χ4n) is 2.50. The Morgan fingerprint density at radius 2 is 2.22 bits per heavy atom. The second-order valence-corrected chi connectivity index (χ2v) is 5.73. The first kappa shape index (κ1) is 19.7. The maximum Gasteiger partial charge on any atom is 0.239 e. The quantitative estimate of drug-likeness (QED) is 0.368. The number of nitrogens with zero attached hydrogens (tertiary/aromatic N) is 4. The number of fused-ring (bicyclic) bond motifs is 1. The van der Waals surface area contributed by atoms with Gasteiger partial charge in [0.1, 0.15) is 11.6 Å². The van der Waals surface area contributed by atoms with Crippen LogP contribution in [0, 0.1) is 6.92 Å². The SMILES string of the molecule is CN=C(NCC(=O)NC(C)C)NC1CCCn2nc(C)nc21.I. The van der Waals surface area contributed by atoms with E-state index in [9.17, 15) is 4.79 Å². The zero-order valence-electron chi connectivity index (χ0n) is 14.1. The van der Waals surface area contributed by atoms with E-state index in [0.29, 0.717) is 5.96 Å². The number of halogens is 1. The maximum absolute atomic E-state index is 11.7. The topological polar surface area (TPSA) is 96.2 Å². The number of carbonyl (C=O) groups is 1. The van der Waals surface area contributed by atoms with Gasteiger partial charge in [-0.05, 0) is 33.6 Å². The van der Waals surface area contributed by atoms with Crippen molar-refractivity contribution in [3.63, 3.8) is 0 Å². The molecule has 8 nitrogen and oxygen atoms in total. The number of hydrogen-bond acceptors (Lipinski definition) is 4. The summed E-state index contributed by atoms with van der Waals surface area (Å²) >= 11 is 0. The Hall–Kier alpha value is -1.39. The average Bonchev–Trinajstić information content (AvgIpc) is 2.83. The van der Waals surface area contributed by atoms with E-state index in [1.165, 1.54) is 0 Å². The molecule has 0 fully saturated rings. The van der Waals surface area contributed by atoms with Crippen LogP contribution >= 0.6 is 24.0 Å². The lowest BCUT2D eigenvalue weighted by atomic mass is 10.1. The first-order valence-corrected chi connectivity index (χ1v) is 7.67. The number of aryl methyl sites for hydroxylation is 2. The molecule has 1 aliphatic rings. The fourth-order valence-corrected chi connectivity index (χ4v) is 2.50. The monoisotopic (exact) mass is 435 g/mol. The molecule has 1 amide bonds. The van der Waals surface area contributed by atoms with Gasteiger partial charge in [0.05, 0.1) is 12.6 Å². The minimum Gasteiger partial charge on any atom is -0.352 e. The van der Waals surface area contributed by atoms with Crippen molar-refractivity contribution in [2.45, 2.75) is 52.2 Å². The molecule has 0 saturated heterocycles. The smallest absolute Gasteiger partial charge is 0.239 e. The molecular weight excluding hydrogens is 409 g/mol. The molecule has 3 N–H and O–H groups in total. The number of guanidine groups is 1. The standard InChI is InChI=1S/C14H25N7O.HI/c1-9(2)17-12(22)8-16-14(15-4)19-11-6-5-7-21-13(11)18-10(3)20-21;/h9,11H,5-8H2,1-4H3,(H,17,22)(H2,15,16,19);1H. The fraction of sp³-hybridized carbons (Fsp3) is 0.714. The van der Waals surface area contributed by atoms with Crippen LogP contribution in [0.2, 0.25) is 0 Å². The highest BCUT2D eigenvalue weighted by molar-refractivity contribution is 14.0. The van der Waals surface area contributed by atoms with Crippen LogP contribution in [0.5, 0.6) is 0 Å².